The summed E-state index contributed by atoms with van der Waals surface area (Å²) in [5.41, 5.74) is 7.33. The number of anilines is 2. The number of aromatic nitrogens is 3. The van der Waals surface area contributed by atoms with E-state index in [1.54, 1.807) is 0 Å². The Balaban J connectivity index is 0.891. The van der Waals surface area contributed by atoms with E-state index in [-0.39, 0.29) is 16.8 Å². The molecule has 4 aromatic rings. The number of hydrogen-bond acceptors (Lipinski definition) is 12. The van der Waals surface area contributed by atoms with Gasteiger partial charge in [-0.25, -0.2) is 14.6 Å². The normalized spacial score (nSPS) is 26.9. The molecule has 2 aromatic heterocycles. The van der Waals surface area contributed by atoms with Crippen molar-refractivity contribution in [2.75, 3.05) is 36.4 Å². The largest absolute Gasteiger partial charge is 0.433 e. The number of carbonyl (C=O) groups excluding carboxylic acids is 2. The number of alkyl halides is 3. The van der Waals surface area contributed by atoms with Crippen LogP contribution in [-0.4, -0.2) is 101 Å². The predicted molar refractivity (Wildman–Crippen MR) is 195 cm³/mol. The molecule has 0 saturated carbocycles. The van der Waals surface area contributed by atoms with E-state index in [1.165, 1.54) is 15.8 Å². The molecule has 6 unspecified atom stereocenters. The lowest BCUT2D eigenvalue weighted by molar-refractivity contribution is -0.159. The van der Waals surface area contributed by atoms with Crippen molar-refractivity contribution >= 4 is 23.2 Å². The van der Waals surface area contributed by atoms with Gasteiger partial charge < -0.3 is 36.4 Å². The third-order valence-electron chi connectivity index (χ3n) is 11.4. The molecule has 3 saturated heterocycles. The number of pyridine rings is 1. The van der Waals surface area contributed by atoms with Gasteiger partial charge in [0.15, 0.2) is 5.69 Å². The minimum absolute atomic E-state index is 0.0762. The number of carbonyl (C=O) groups is 2. The summed E-state index contributed by atoms with van der Waals surface area (Å²) in [6.07, 6.45) is -4.65. The second-order valence-electron chi connectivity index (χ2n) is 15.1. The van der Waals surface area contributed by atoms with Gasteiger partial charge in [-0.3, -0.25) is 19.8 Å². The van der Waals surface area contributed by atoms with Gasteiger partial charge in [0.05, 0.1) is 23.6 Å². The summed E-state index contributed by atoms with van der Waals surface area (Å²) in [6, 6.07) is 15.6. The average Bonchev–Trinajstić information content (AvgIpc) is 3.94. The van der Waals surface area contributed by atoms with E-state index in [0.29, 0.717) is 36.2 Å². The molecule has 6 heterocycles. The number of aliphatic hydroxyl groups is 4. The number of rotatable bonds is 8. The van der Waals surface area contributed by atoms with Crippen LogP contribution < -0.4 is 21.3 Å². The minimum Gasteiger partial charge on any atom is -0.379 e. The zero-order valence-corrected chi connectivity index (χ0v) is 30.1. The van der Waals surface area contributed by atoms with Gasteiger partial charge in [0, 0.05) is 48.4 Å². The van der Waals surface area contributed by atoms with Gasteiger partial charge in [-0.1, -0.05) is 24.3 Å². The average molecular weight is 778 g/mol. The number of nitrogens with one attached hydrogen (secondary N) is 2. The highest BCUT2D eigenvalue weighted by Gasteiger charge is 2.46. The van der Waals surface area contributed by atoms with Crippen LogP contribution in [0.3, 0.4) is 0 Å². The Morgan fingerprint density at radius 2 is 1.66 bits per heavy atom. The summed E-state index contributed by atoms with van der Waals surface area (Å²) in [4.78, 5) is 34.6. The lowest BCUT2D eigenvalue weighted by atomic mass is 9.86. The smallest absolute Gasteiger partial charge is 0.379 e. The molecule has 1 spiro atoms. The molecule has 0 radical (unpaired) electrons. The zero-order chi connectivity index (χ0) is 39.5. The van der Waals surface area contributed by atoms with Crippen molar-refractivity contribution in [3.8, 4) is 5.69 Å². The number of primary amides is 1. The molecular formula is C38H42F3N9O6. The SMILES string of the molecule is NC(=O)c1nn(-c2ccc(CN3CCC4(CCN(c5ccc6c(c5)C(O)N(C5CCC(O)NC5O)C6O)C4)C3)cc2)cc1NC(=O)c1cccc(C(F)(F)F)n1. The van der Waals surface area contributed by atoms with E-state index >= 15 is 0 Å². The van der Waals surface area contributed by atoms with Gasteiger partial charge >= 0.3 is 6.18 Å². The Hall–Kier alpha value is -4.95. The standard InChI is InChI=1S/C38H42F3N9O6/c39-38(40,41)29-3-1-2-26(43-29)33(53)44-27-18-49(46-31(27)32(42)52)22-6-4-21(5-7-22)17-47-14-12-37(19-47)13-15-48(20-37)23-8-9-24-25(16-23)36(56)50(35(24)55)28-10-11-30(51)45-34(28)54/h1-9,16,18,28,30,34-36,45,51,54-56H,10-15,17,19-20H2,(H2,42,52)(H,44,53). The van der Waals surface area contributed by atoms with Gasteiger partial charge in [-0.05, 0) is 74.2 Å². The van der Waals surface area contributed by atoms with E-state index in [0.717, 1.165) is 68.5 Å². The van der Waals surface area contributed by atoms with Gasteiger partial charge in [-0.15, -0.1) is 0 Å². The Morgan fingerprint density at radius 1 is 0.929 bits per heavy atom. The maximum Gasteiger partial charge on any atom is 0.433 e. The number of fused-ring (bicyclic) bond motifs is 1. The van der Waals surface area contributed by atoms with Gasteiger partial charge in [0.2, 0.25) is 0 Å². The van der Waals surface area contributed by atoms with E-state index in [2.05, 4.69) is 30.5 Å². The van der Waals surface area contributed by atoms with Gasteiger partial charge in [0.25, 0.3) is 11.8 Å². The van der Waals surface area contributed by atoms with Crippen molar-refractivity contribution in [1.82, 2.24) is 29.9 Å². The second kappa shape index (κ2) is 14.5. The van der Waals surface area contributed by atoms with E-state index < -0.39 is 60.3 Å². The van der Waals surface area contributed by atoms with Crippen molar-refractivity contribution in [3.63, 3.8) is 0 Å². The third-order valence-corrected chi connectivity index (χ3v) is 11.4. The fourth-order valence-corrected chi connectivity index (χ4v) is 8.57. The number of amides is 2. The van der Waals surface area contributed by atoms with Crippen LogP contribution in [0.4, 0.5) is 24.5 Å². The lowest BCUT2D eigenvalue weighted by Gasteiger charge is -2.40. The molecule has 56 heavy (non-hydrogen) atoms. The fourth-order valence-electron chi connectivity index (χ4n) is 8.57. The van der Waals surface area contributed by atoms with Crippen molar-refractivity contribution in [2.45, 2.75) is 69.4 Å². The lowest BCUT2D eigenvalue weighted by Crippen LogP contribution is -2.57. The Labute approximate surface area is 319 Å². The summed E-state index contributed by atoms with van der Waals surface area (Å²) >= 11 is 0. The molecule has 15 nitrogen and oxygen atoms in total. The molecule has 8 N–H and O–H groups in total. The topological polar surface area (TPSA) is 206 Å². The summed E-state index contributed by atoms with van der Waals surface area (Å²) in [6.45, 7) is 4.21. The molecule has 0 aliphatic carbocycles. The first kappa shape index (κ1) is 37.9. The van der Waals surface area contributed by atoms with Crippen LogP contribution in [0, 0.1) is 5.41 Å². The molecule has 4 aliphatic heterocycles. The summed E-state index contributed by atoms with van der Waals surface area (Å²) in [7, 11) is 0. The molecule has 0 bridgehead atoms. The van der Waals surface area contributed by atoms with Crippen molar-refractivity contribution in [1.29, 1.82) is 0 Å². The van der Waals surface area contributed by atoms with Gasteiger partial charge in [-0.2, -0.15) is 18.3 Å². The quantitative estimate of drug-likeness (QED) is 0.138. The van der Waals surface area contributed by atoms with Crippen molar-refractivity contribution in [2.24, 2.45) is 11.1 Å². The first-order valence-corrected chi connectivity index (χ1v) is 18.4. The number of halogens is 3. The minimum atomic E-state index is -4.74. The van der Waals surface area contributed by atoms with Crippen LogP contribution >= 0.6 is 0 Å². The Kier molecular flexibility index (Phi) is 9.84. The van der Waals surface area contributed by atoms with E-state index in [1.807, 2.05) is 42.5 Å². The molecule has 18 heteroatoms. The third kappa shape index (κ3) is 7.24. The van der Waals surface area contributed by atoms with Crippen molar-refractivity contribution < 1.29 is 43.2 Å². The number of likely N-dealkylation sites (tertiary alicyclic amines) is 1. The first-order chi connectivity index (χ1) is 26.7. The summed E-state index contributed by atoms with van der Waals surface area (Å²) in [5, 5.41) is 52.1. The van der Waals surface area contributed by atoms with Crippen LogP contribution in [0.5, 0.6) is 0 Å². The number of aliphatic hydroxyl groups excluding tert-OH is 4. The summed E-state index contributed by atoms with van der Waals surface area (Å²) in [5.74, 6) is -1.90. The maximum absolute atomic E-state index is 13.1. The van der Waals surface area contributed by atoms with Crippen LogP contribution in [-0.2, 0) is 12.7 Å². The Morgan fingerprint density at radius 3 is 2.39 bits per heavy atom. The number of benzene rings is 2. The fraction of sp³-hybridized carbons (Fsp3) is 0.421. The van der Waals surface area contributed by atoms with Crippen LogP contribution in [0.1, 0.15) is 81.5 Å². The monoisotopic (exact) mass is 777 g/mol. The molecule has 2 aromatic carbocycles. The molecule has 3 fully saturated rings. The number of hydrogen-bond donors (Lipinski definition) is 7. The maximum atomic E-state index is 13.1. The zero-order valence-electron chi connectivity index (χ0n) is 30.1. The van der Waals surface area contributed by atoms with Crippen LogP contribution in [0.25, 0.3) is 5.69 Å². The van der Waals surface area contributed by atoms with Gasteiger partial charge in [0.1, 0.15) is 36.3 Å². The van der Waals surface area contributed by atoms with E-state index in [9.17, 15) is 43.2 Å². The highest BCUT2D eigenvalue weighted by molar-refractivity contribution is 6.07. The molecule has 296 valence electrons. The highest BCUT2D eigenvalue weighted by Crippen LogP contribution is 2.46. The summed E-state index contributed by atoms with van der Waals surface area (Å²) < 4.78 is 40.7. The van der Waals surface area contributed by atoms with E-state index in [4.69, 9.17) is 5.73 Å². The number of piperidine rings is 1. The molecule has 8 rings (SSSR count). The predicted octanol–water partition coefficient (Wildman–Crippen LogP) is 2.43. The van der Waals surface area contributed by atoms with Crippen LogP contribution in [0.15, 0.2) is 66.9 Å². The first-order valence-electron chi connectivity index (χ1n) is 18.4. The molecule has 4 aliphatic rings. The highest BCUT2D eigenvalue weighted by atomic mass is 19.4. The Bertz CT molecular complexity index is 2130. The second-order valence-corrected chi connectivity index (χ2v) is 15.1. The molecular weight excluding hydrogens is 735 g/mol. The van der Waals surface area contributed by atoms with Crippen LogP contribution in [0.2, 0.25) is 0 Å². The molecule has 2 amide bonds. The number of nitrogens with two attached hydrogens (primary N) is 1. The van der Waals surface area contributed by atoms with Crippen molar-refractivity contribution in [3.05, 3.63) is 101 Å². The molecule has 6 atom stereocenters. The number of nitrogens with zero attached hydrogens (tertiary/aromatic N) is 6.